The maximum absolute atomic E-state index is 8.70. The highest BCUT2D eigenvalue weighted by atomic mass is 32.2. The first-order chi connectivity index (χ1) is 8.28. The van der Waals surface area contributed by atoms with Crippen LogP contribution >= 0.6 is 11.8 Å². The van der Waals surface area contributed by atoms with Gasteiger partial charge < -0.3 is 5.32 Å². The lowest BCUT2D eigenvalue weighted by Gasteiger charge is -2.27. The number of thioether (sulfide) groups is 1. The largest absolute Gasteiger partial charge is 0.369 e. The lowest BCUT2D eigenvalue weighted by molar-refractivity contribution is 0.638. The molecule has 0 unspecified atom stereocenters. The monoisotopic (exact) mass is 247 g/mol. The number of nitrogens with zero attached hydrogens (tertiary/aromatic N) is 2. The quantitative estimate of drug-likeness (QED) is 0.888. The van der Waals surface area contributed by atoms with Crippen LogP contribution < -0.4 is 5.32 Å². The Hall–Kier alpha value is -1.21. The predicted molar refractivity (Wildman–Crippen MR) is 72.2 cm³/mol. The van der Waals surface area contributed by atoms with E-state index in [9.17, 15) is 0 Å². The van der Waals surface area contributed by atoms with Gasteiger partial charge in [-0.3, -0.25) is 0 Å². The molecule has 1 N–H and O–H groups in total. The van der Waals surface area contributed by atoms with Crippen LogP contribution in [0.4, 0.5) is 5.82 Å². The van der Waals surface area contributed by atoms with Gasteiger partial charge in [-0.15, -0.1) is 0 Å². The van der Waals surface area contributed by atoms with Crippen LogP contribution in [0.2, 0.25) is 0 Å². The van der Waals surface area contributed by atoms with Crippen LogP contribution in [0, 0.1) is 11.3 Å². The number of nitrogens with one attached hydrogen (secondary N) is 1. The van der Waals surface area contributed by atoms with Crippen molar-refractivity contribution in [3.8, 4) is 6.07 Å². The second-order valence-electron chi connectivity index (χ2n) is 4.49. The molecule has 17 heavy (non-hydrogen) atoms. The van der Waals surface area contributed by atoms with Gasteiger partial charge >= 0.3 is 0 Å². The van der Waals surface area contributed by atoms with Crippen molar-refractivity contribution < 1.29 is 0 Å². The highest BCUT2D eigenvalue weighted by molar-refractivity contribution is 8.00. The van der Waals surface area contributed by atoms with E-state index in [-0.39, 0.29) is 0 Å². The SMILES string of the molecule is CSC1(CNc2ccc(C#N)cn2)CCCC1. The summed E-state index contributed by atoms with van der Waals surface area (Å²) in [7, 11) is 0. The molecule has 0 amide bonds. The third-order valence-electron chi connectivity index (χ3n) is 3.43. The zero-order valence-corrected chi connectivity index (χ0v) is 10.9. The van der Waals surface area contributed by atoms with Crippen LogP contribution in [-0.4, -0.2) is 22.5 Å². The lowest BCUT2D eigenvalue weighted by atomic mass is 10.1. The molecule has 1 aromatic heterocycles. The molecular formula is C13H17N3S. The summed E-state index contributed by atoms with van der Waals surface area (Å²) in [6, 6.07) is 5.75. The summed E-state index contributed by atoms with van der Waals surface area (Å²) in [5.41, 5.74) is 0.607. The van der Waals surface area contributed by atoms with E-state index in [0.29, 0.717) is 10.3 Å². The van der Waals surface area contributed by atoms with Crippen LogP contribution in [0.1, 0.15) is 31.2 Å². The third-order valence-corrected chi connectivity index (χ3v) is 4.85. The van der Waals surface area contributed by atoms with Gasteiger partial charge in [-0.05, 0) is 31.2 Å². The Balaban J connectivity index is 1.94. The van der Waals surface area contributed by atoms with E-state index >= 15 is 0 Å². The highest BCUT2D eigenvalue weighted by Gasteiger charge is 2.32. The molecule has 1 aliphatic carbocycles. The van der Waals surface area contributed by atoms with Gasteiger partial charge in [0.05, 0.1) is 5.56 Å². The van der Waals surface area contributed by atoms with E-state index in [4.69, 9.17) is 5.26 Å². The number of aromatic nitrogens is 1. The van der Waals surface area contributed by atoms with Crippen molar-refractivity contribution in [1.82, 2.24) is 4.98 Å². The van der Waals surface area contributed by atoms with Gasteiger partial charge in [0, 0.05) is 17.5 Å². The molecule has 2 rings (SSSR count). The number of hydrogen-bond donors (Lipinski definition) is 1. The maximum atomic E-state index is 8.70. The van der Waals surface area contributed by atoms with E-state index in [2.05, 4.69) is 22.6 Å². The third kappa shape index (κ3) is 2.92. The second-order valence-corrected chi connectivity index (χ2v) is 5.77. The summed E-state index contributed by atoms with van der Waals surface area (Å²) in [5, 5.41) is 12.1. The first-order valence-corrected chi connectivity index (χ1v) is 7.16. The van der Waals surface area contributed by atoms with Crippen LogP contribution in [0.5, 0.6) is 0 Å². The normalized spacial score (nSPS) is 17.6. The van der Waals surface area contributed by atoms with Gasteiger partial charge in [0.2, 0.25) is 0 Å². The number of rotatable bonds is 4. The minimum Gasteiger partial charge on any atom is -0.369 e. The summed E-state index contributed by atoms with van der Waals surface area (Å²) >= 11 is 1.96. The van der Waals surface area contributed by atoms with Gasteiger partial charge in [-0.1, -0.05) is 12.8 Å². The molecule has 1 aromatic rings. The standard InChI is InChI=1S/C13H17N3S/c1-17-13(6-2-3-7-13)10-16-12-5-4-11(8-14)9-15-12/h4-5,9H,2-3,6-7,10H2,1H3,(H,15,16). The minimum absolute atomic E-state index is 0.385. The van der Waals surface area contributed by atoms with Crippen molar-refractivity contribution >= 4 is 17.6 Å². The fourth-order valence-electron chi connectivity index (χ4n) is 2.29. The highest BCUT2D eigenvalue weighted by Crippen LogP contribution is 2.40. The van der Waals surface area contributed by atoms with Gasteiger partial charge in [0.25, 0.3) is 0 Å². The topological polar surface area (TPSA) is 48.7 Å². The molecule has 4 heteroatoms. The summed E-state index contributed by atoms with van der Waals surface area (Å²) in [6.07, 6.45) is 9.06. The fourth-order valence-corrected chi connectivity index (χ4v) is 3.20. The Bertz CT molecular complexity index is 402. The number of hydrogen-bond acceptors (Lipinski definition) is 4. The Morgan fingerprint density at radius 2 is 2.24 bits per heavy atom. The van der Waals surface area contributed by atoms with Crippen LogP contribution in [0.15, 0.2) is 18.3 Å². The van der Waals surface area contributed by atoms with Gasteiger partial charge in [0.15, 0.2) is 0 Å². The molecule has 1 fully saturated rings. The van der Waals surface area contributed by atoms with E-state index in [0.717, 1.165) is 12.4 Å². The molecule has 1 heterocycles. The molecule has 1 aliphatic rings. The average Bonchev–Trinajstić information content (AvgIpc) is 2.86. The van der Waals surface area contributed by atoms with Crippen molar-refractivity contribution in [1.29, 1.82) is 5.26 Å². The Morgan fingerprint density at radius 1 is 1.47 bits per heavy atom. The van der Waals surface area contributed by atoms with E-state index in [1.807, 2.05) is 17.8 Å². The number of pyridine rings is 1. The smallest absolute Gasteiger partial charge is 0.126 e. The predicted octanol–water partition coefficient (Wildman–Crippen LogP) is 3.04. The molecule has 3 nitrogen and oxygen atoms in total. The zero-order valence-electron chi connectivity index (χ0n) is 10.1. The van der Waals surface area contributed by atoms with Crippen molar-refractivity contribution in [2.45, 2.75) is 30.4 Å². The first kappa shape index (κ1) is 12.3. The molecule has 0 aliphatic heterocycles. The minimum atomic E-state index is 0.385. The van der Waals surface area contributed by atoms with Crippen molar-refractivity contribution in [2.24, 2.45) is 0 Å². The van der Waals surface area contributed by atoms with Crippen LogP contribution in [0.25, 0.3) is 0 Å². The van der Waals surface area contributed by atoms with Gasteiger partial charge in [-0.2, -0.15) is 17.0 Å². The van der Waals surface area contributed by atoms with E-state index in [1.165, 1.54) is 25.7 Å². The lowest BCUT2D eigenvalue weighted by Crippen LogP contribution is -2.30. The fraction of sp³-hybridized carbons (Fsp3) is 0.538. The average molecular weight is 247 g/mol. The number of nitriles is 1. The van der Waals surface area contributed by atoms with E-state index < -0.39 is 0 Å². The van der Waals surface area contributed by atoms with Crippen molar-refractivity contribution in [3.05, 3.63) is 23.9 Å². The van der Waals surface area contributed by atoms with Crippen molar-refractivity contribution in [3.63, 3.8) is 0 Å². The summed E-state index contributed by atoms with van der Waals surface area (Å²) in [4.78, 5) is 4.23. The number of anilines is 1. The molecular weight excluding hydrogens is 230 g/mol. The van der Waals surface area contributed by atoms with E-state index in [1.54, 1.807) is 12.3 Å². The molecule has 0 radical (unpaired) electrons. The van der Waals surface area contributed by atoms with Crippen LogP contribution in [0.3, 0.4) is 0 Å². The Labute approximate surface area is 107 Å². The summed E-state index contributed by atoms with van der Waals surface area (Å²) in [5.74, 6) is 0.865. The summed E-state index contributed by atoms with van der Waals surface area (Å²) < 4.78 is 0.385. The molecule has 0 atom stereocenters. The molecule has 1 saturated carbocycles. The van der Waals surface area contributed by atoms with Gasteiger partial charge in [-0.25, -0.2) is 4.98 Å². The molecule has 90 valence electrons. The van der Waals surface area contributed by atoms with Crippen LogP contribution in [-0.2, 0) is 0 Å². The summed E-state index contributed by atoms with van der Waals surface area (Å²) in [6.45, 7) is 0.965. The van der Waals surface area contributed by atoms with Crippen molar-refractivity contribution in [2.75, 3.05) is 18.1 Å². The molecule has 0 spiro atoms. The molecule has 0 bridgehead atoms. The Kier molecular flexibility index (Phi) is 3.90. The maximum Gasteiger partial charge on any atom is 0.126 e. The molecule has 0 saturated heterocycles. The Morgan fingerprint density at radius 3 is 2.76 bits per heavy atom. The first-order valence-electron chi connectivity index (χ1n) is 5.93. The zero-order chi connectivity index (χ0) is 12.1. The molecule has 0 aromatic carbocycles. The second kappa shape index (κ2) is 5.42. The van der Waals surface area contributed by atoms with Gasteiger partial charge in [0.1, 0.15) is 11.9 Å².